The highest BCUT2D eigenvalue weighted by Crippen LogP contribution is 2.39. The number of rotatable bonds is 12. The Kier molecular flexibility index (Phi) is 11.6. The van der Waals surface area contributed by atoms with E-state index in [9.17, 15) is 9.90 Å². The highest BCUT2D eigenvalue weighted by atomic mass is 16.7. The molecule has 6 aromatic carbocycles. The summed E-state index contributed by atoms with van der Waals surface area (Å²) < 4.78 is 13.5. The Balaban J connectivity index is 1.06. The number of nitrogens with zero attached hydrogens (tertiary/aromatic N) is 1. The average Bonchev–Trinajstić information content (AvgIpc) is 3.22. The number of aliphatic hydroxyl groups is 1. The largest absolute Gasteiger partial charge is 0.392 e. The van der Waals surface area contributed by atoms with Crippen LogP contribution in [0.5, 0.6) is 0 Å². The van der Waals surface area contributed by atoms with Crippen molar-refractivity contribution >= 4 is 16.8 Å². The summed E-state index contributed by atoms with van der Waals surface area (Å²) in [6.45, 7) is 3.86. The molecule has 3 N–H and O–H groups in total. The number of carbonyl (C=O) groups excluding carboxylic acids is 1. The van der Waals surface area contributed by atoms with Crippen molar-refractivity contribution in [2.75, 3.05) is 13.6 Å². The van der Waals surface area contributed by atoms with Gasteiger partial charge >= 0.3 is 6.03 Å². The monoisotopic (exact) mass is 705 g/mol. The molecule has 1 heterocycles. The van der Waals surface area contributed by atoms with E-state index in [1.54, 1.807) is 0 Å². The second kappa shape index (κ2) is 17.0. The van der Waals surface area contributed by atoms with Gasteiger partial charge in [0, 0.05) is 37.7 Å². The second-order valence-corrected chi connectivity index (χ2v) is 13.9. The van der Waals surface area contributed by atoms with Crippen molar-refractivity contribution in [1.29, 1.82) is 0 Å². The van der Waals surface area contributed by atoms with Gasteiger partial charge in [0.2, 0.25) is 0 Å². The quantitative estimate of drug-likeness (QED) is 0.118. The number of nitrogens with one attached hydrogen (secondary N) is 2. The topological polar surface area (TPSA) is 83.1 Å². The molecule has 1 saturated heterocycles. The number of aliphatic hydroxyl groups excluding tert-OH is 1. The summed E-state index contributed by atoms with van der Waals surface area (Å²) in [6, 6.07) is 49.6. The molecule has 7 rings (SSSR count). The maximum absolute atomic E-state index is 12.5. The standard InChI is InChI=1S/C46H47N3O4/c1-32(38-23-22-36-13-6-7-14-40(36)25-38)49(2)30-43-27-44(37-20-18-34(31-50)19-21-37)53-45(52-43)42-17-9-16-41(26-42)39-15-8-12-35(24-39)29-48-46(51)47-28-33-10-4-3-5-11-33/h3-26,32,43-45,50H,27-31H2,1-2H3,(H2,47,48,51)/t32-,43-,44+,45+/m1/s1. The third kappa shape index (κ3) is 9.20. The minimum Gasteiger partial charge on any atom is -0.392 e. The molecule has 0 radical (unpaired) electrons. The van der Waals surface area contributed by atoms with Gasteiger partial charge in [0.25, 0.3) is 0 Å². The van der Waals surface area contributed by atoms with Crippen LogP contribution in [0.4, 0.5) is 4.79 Å². The van der Waals surface area contributed by atoms with Crippen LogP contribution in [-0.2, 0) is 29.2 Å². The second-order valence-electron chi connectivity index (χ2n) is 13.9. The highest BCUT2D eigenvalue weighted by molar-refractivity contribution is 5.83. The van der Waals surface area contributed by atoms with Gasteiger partial charge in [-0.05, 0) is 81.9 Å². The summed E-state index contributed by atoms with van der Waals surface area (Å²) in [4.78, 5) is 14.9. The van der Waals surface area contributed by atoms with E-state index in [0.29, 0.717) is 19.5 Å². The van der Waals surface area contributed by atoms with Gasteiger partial charge in [-0.25, -0.2) is 4.79 Å². The van der Waals surface area contributed by atoms with E-state index in [1.165, 1.54) is 16.3 Å². The summed E-state index contributed by atoms with van der Waals surface area (Å²) >= 11 is 0. The molecule has 1 aliphatic rings. The van der Waals surface area contributed by atoms with Crippen LogP contribution in [0.2, 0.25) is 0 Å². The fourth-order valence-corrected chi connectivity index (χ4v) is 6.98. The Labute approximate surface area is 312 Å². The van der Waals surface area contributed by atoms with Crippen molar-refractivity contribution in [2.24, 2.45) is 0 Å². The number of benzene rings is 6. The molecular formula is C46H47N3O4. The zero-order valence-electron chi connectivity index (χ0n) is 30.3. The predicted molar refractivity (Wildman–Crippen MR) is 211 cm³/mol. The average molecular weight is 706 g/mol. The van der Waals surface area contributed by atoms with Gasteiger partial charge in [-0.3, -0.25) is 4.90 Å². The molecule has 0 saturated carbocycles. The molecule has 7 nitrogen and oxygen atoms in total. The van der Waals surface area contributed by atoms with Crippen LogP contribution in [0.1, 0.15) is 65.2 Å². The lowest BCUT2D eigenvalue weighted by atomic mass is 9.97. The molecule has 0 aromatic heterocycles. The number of ether oxygens (including phenoxy) is 2. The molecule has 7 heteroatoms. The van der Waals surface area contributed by atoms with E-state index < -0.39 is 6.29 Å². The van der Waals surface area contributed by atoms with E-state index in [1.807, 2.05) is 60.7 Å². The summed E-state index contributed by atoms with van der Waals surface area (Å²) in [5, 5.41) is 18.0. The zero-order valence-corrected chi connectivity index (χ0v) is 30.3. The maximum atomic E-state index is 12.5. The van der Waals surface area contributed by atoms with Gasteiger partial charge in [0.1, 0.15) is 0 Å². The predicted octanol–water partition coefficient (Wildman–Crippen LogP) is 9.24. The number of amides is 2. The first-order valence-corrected chi connectivity index (χ1v) is 18.4. The molecule has 2 amide bonds. The molecule has 4 atom stereocenters. The van der Waals surface area contributed by atoms with E-state index in [4.69, 9.17) is 9.47 Å². The SMILES string of the molecule is C[C@H](c1ccc2ccccc2c1)N(C)C[C@H]1C[C@@H](c2ccc(CO)cc2)O[C@@H](c2cccc(-c3cccc(CNC(=O)NCc4ccccc4)c3)c2)O1. The zero-order chi connectivity index (χ0) is 36.6. The Hall–Kier alpha value is -5.31. The number of hydrogen-bond acceptors (Lipinski definition) is 5. The number of carbonyl (C=O) groups is 1. The Morgan fingerprint density at radius 3 is 2.15 bits per heavy atom. The molecule has 0 spiro atoms. The molecule has 270 valence electrons. The van der Waals surface area contributed by atoms with Crippen molar-refractivity contribution in [2.45, 2.75) is 57.6 Å². The van der Waals surface area contributed by atoms with E-state index >= 15 is 0 Å². The summed E-state index contributed by atoms with van der Waals surface area (Å²) in [6.07, 6.45) is -0.131. The van der Waals surface area contributed by atoms with Crippen LogP contribution in [0, 0.1) is 0 Å². The van der Waals surface area contributed by atoms with Gasteiger partial charge < -0.3 is 25.2 Å². The number of fused-ring (bicyclic) bond motifs is 1. The van der Waals surface area contributed by atoms with Crippen molar-refractivity contribution in [3.8, 4) is 11.1 Å². The lowest BCUT2D eigenvalue weighted by molar-refractivity contribution is -0.253. The smallest absolute Gasteiger partial charge is 0.315 e. The summed E-state index contributed by atoms with van der Waals surface area (Å²) in [5.74, 6) is 0. The van der Waals surface area contributed by atoms with Gasteiger partial charge in [0.05, 0.1) is 18.8 Å². The number of hydrogen-bond donors (Lipinski definition) is 3. The number of likely N-dealkylation sites (N-methyl/N-ethyl adjacent to an activating group) is 1. The van der Waals surface area contributed by atoms with Crippen LogP contribution in [0.25, 0.3) is 21.9 Å². The fourth-order valence-electron chi connectivity index (χ4n) is 6.98. The normalized spacial score (nSPS) is 17.8. The van der Waals surface area contributed by atoms with Gasteiger partial charge in [-0.1, -0.05) is 127 Å². The Bertz CT molecular complexity index is 2120. The van der Waals surface area contributed by atoms with E-state index in [-0.39, 0.29) is 30.9 Å². The minimum absolute atomic E-state index is 0.00311. The van der Waals surface area contributed by atoms with Crippen LogP contribution in [0.15, 0.2) is 146 Å². The molecule has 0 aliphatic carbocycles. The minimum atomic E-state index is -0.571. The lowest BCUT2D eigenvalue weighted by Gasteiger charge is -2.39. The molecule has 1 fully saturated rings. The van der Waals surface area contributed by atoms with E-state index in [0.717, 1.165) is 45.5 Å². The number of urea groups is 1. The first-order chi connectivity index (χ1) is 25.9. The van der Waals surface area contributed by atoms with Crippen molar-refractivity contribution in [3.63, 3.8) is 0 Å². The Morgan fingerprint density at radius 2 is 1.38 bits per heavy atom. The first-order valence-electron chi connectivity index (χ1n) is 18.4. The molecule has 1 aliphatic heterocycles. The molecule has 53 heavy (non-hydrogen) atoms. The first kappa shape index (κ1) is 36.1. The van der Waals surface area contributed by atoms with Gasteiger partial charge in [-0.15, -0.1) is 0 Å². The summed E-state index contributed by atoms with van der Waals surface area (Å²) in [7, 11) is 2.16. The van der Waals surface area contributed by atoms with Crippen LogP contribution in [-0.4, -0.2) is 35.7 Å². The molecule has 0 bridgehead atoms. The van der Waals surface area contributed by atoms with Crippen LogP contribution >= 0.6 is 0 Å². The van der Waals surface area contributed by atoms with Gasteiger partial charge in [0.15, 0.2) is 6.29 Å². The van der Waals surface area contributed by atoms with Gasteiger partial charge in [-0.2, -0.15) is 0 Å². The van der Waals surface area contributed by atoms with Crippen molar-refractivity contribution in [1.82, 2.24) is 15.5 Å². The summed E-state index contributed by atoms with van der Waals surface area (Å²) in [5.41, 5.74) is 8.28. The van der Waals surface area contributed by atoms with Crippen LogP contribution < -0.4 is 10.6 Å². The molecular weight excluding hydrogens is 659 g/mol. The Morgan fingerprint density at radius 1 is 0.698 bits per heavy atom. The fraction of sp³-hybridized carbons (Fsp3) is 0.239. The third-order valence-corrected chi connectivity index (χ3v) is 10.2. The molecule has 0 unspecified atom stereocenters. The van der Waals surface area contributed by atoms with Crippen LogP contribution in [0.3, 0.4) is 0 Å². The maximum Gasteiger partial charge on any atom is 0.315 e. The lowest BCUT2D eigenvalue weighted by Crippen LogP contribution is -2.38. The van der Waals surface area contributed by atoms with Crippen molar-refractivity contribution in [3.05, 3.63) is 179 Å². The molecule has 6 aromatic rings. The van der Waals surface area contributed by atoms with Crippen molar-refractivity contribution < 1.29 is 19.4 Å². The highest BCUT2D eigenvalue weighted by Gasteiger charge is 2.33. The van der Waals surface area contributed by atoms with E-state index in [2.05, 4.69) is 114 Å². The third-order valence-electron chi connectivity index (χ3n) is 10.2.